The van der Waals surface area contributed by atoms with Crippen LogP contribution in [0.5, 0.6) is 5.75 Å². The highest BCUT2D eigenvalue weighted by molar-refractivity contribution is 6.32. The van der Waals surface area contributed by atoms with E-state index in [1.807, 2.05) is 0 Å². The average molecular weight is 350 g/mol. The third-order valence-corrected chi connectivity index (χ3v) is 4.19. The molecule has 24 heavy (non-hydrogen) atoms. The molecule has 8 heteroatoms. The van der Waals surface area contributed by atoms with Crippen LogP contribution < -0.4 is 15.4 Å². The summed E-state index contributed by atoms with van der Waals surface area (Å²) in [6.07, 6.45) is 0.955. The Bertz CT molecular complexity index is 798. The number of anilines is 2. The molecule has 126 valence electrons. The average Bonchev–Trinajstić information content (AvgIpc) is 3.26. The fourth-order valence-electron chi connectivity index (χ4n) is 2.34. The smallest absolute Gasteiger partial charge is 0.241 e. The Morgan fingerprint density at radius 1 is 1.25 bits per heavy atom. The molecule has 0 spiro atoms. The largest absolute Gasteiger partial charge is 0.495 e. The lowest BCUT2D eigenvalue weighted by atomic mass is 10.1. The van der Waals surface area contributed by atoms with E-state index in [4.69, 9.17) is 20.9 Å². The molecule has 1 fully saturated rings. The molecule has 1 aliphatic carbocycles. The molecule has 2 amide bonds. The van der Waals surface area contributed by atoms with Crippen molar-refractivity contribution in [3.05, 3.63) is 35.0 Å². The fourth-order valence-corrected chi connectivity index (χ4v) is 2.60. The topological polar surface area (TPSA) is 93.5 Å². The van der Waals surface area contributed by atoms with E-state index < -0.39 is 11.3 Å². The Balaban J connectivity index is 1.69. The Morgan fingerprint density at radius 2 is 1.96 bits per heavy atom. The first-order valence-corrected chi connectivity index (χ1v) is 7.72. The van der Waals surface area contributed by atoms with Crippen LogP contribution in [0.15, 0.2) is 28.8 Å². The second-order valence-electron chi connectivity index (χ2n) is 5.66. The van der Waals surface area contributed by atoms with Gasteiger partial charge in [-0.05, 0) is 38.0 Å². The lowest BCUT2D eigenvalue weighted by Gasteiger charge is -2.15. The normalized spacial score (nSPS) is 14.8. The molecule has 1 heterocycles. The van der Waals surface area contributed by atoms with Gasteiger partial charge in [-0.25, -0.2) is 0 Å². The zero-order valence-corrected chi connectivity index (χ0v) is 13.9. The molecular weight excluding hydrogens is 334 g/mol. The Kier molecular flexibility index (Phi) is 4.19. The van der Waals surface area contributed by atoms with E-state index in [2.05, 4.69) is 15.8 Å². The molecule has 0 saturated heterocycles. The summed E-state index contributed by atoms with van der Waals surface area (Å²) in [7, 11) is 1.51. The quantitative estimate of drug-likeness (QED) is 0.809. The molecule has 0 unspecified atom stereocenters. The number of rotatable bonds is 5. The number of carbonyl (C=O) groups excluding carboxylic acids is 2. The van der Waals surface area contributed by atoms with Crippen molar-refractivity contribution in [3.8, 4) is 5.75 Å². The van der Waals surface area contributed by atoms with Crippen molar-refractivity contribution in [3.63, 3.8) is 0 Å². The first-order valence-electron chi connectivity index (χ1n) is 7.34. The van der Waals surface area contributed by atoms with E-state index in [1.165, 1.54) is 7.11 Å². The Labute approximate surface area is 143 Å². The minimum atomic E-state index is -1.08. The zero-order valence-electron chi connectivity index (χ0n) is 13.2. The molecule has 0 atom stereocenters. The SMILES string of the molecule is COc1ccc(NC(=O)C2(C(=O)Nc3cc(C)on3)CC2)cc1Cl. The number of carbonyl (C=O) groups is 2. The lowest BCUT2D eigenvalue weighted by Crippen LogP contribution is -2.35. The van der Waals surface area contributed by atoms with Crippen LogP contribution in [-0.4, -0.2) is 24.1 Å². The molecule has 3 rings (SSSR count). The number of aryl methyl sites for hydroxylation is 1. The standard InChI is InChI=1S/C16H16ClN3O4/c1-9-7-13(20-24-9)19-15(22)16(5-6-16)14(21)18-10-3-4-12(23-2)11(17)8-10/h3-4,7-8H,5-6H2,1-2H3,(H,18,21)(H,19,20,22). The number of nitrogens with one attached hydrogen (secondary N) is 2. The first-order chi connectivity index (χ1) is 11.4. The summed E-state index contributed by atoms with van der Waals surface area (Å²) in [5.74, 6) is 0.612. The van der Waals surface area contributed by atoms with Gasteiger partial charge in [0.25, 0.3) is 0 Å². The molecule has 0 aliphatic heterocycles. The molecule has 0 radical (unpaired) electrons. The van der Waals surface area contributed by atoms with Gasteiger partial charge in [0.2, 0.25) is 11.8 Å². The van der Waals surface area contributed by atoms with Gasteiger partial charge in [-0.2, -0.15) is 0 Å². The van der Waals surface area contributed by atoms with E-state index in [-0.39, 0.29) is 5.91 Å². The maximum absolute atomic E-state index is 12.5. The highest BCUT2D eigenvalue weighted by atomic mass is 35.5. The number of aromatic nitrogens is 1. The summed E-state index contributed by atoms with van der Waals surface area (Å²) in [6, 6.07) is 6.48. The third-order valence-electron chi connectivity index (χ3n) is 3.90. The third kappa shape index (κ3) is 3.07. The molecular formula is C16H16ClN3O4. The molecule has 1 aliphatic rings. The van der Waals surface area contributed by atoms with Crippen molar-refractivity contribution >= 4 is 34.9 Å². The van der Waals surface area contributed by atoms with Gasteiger partial charge >= 0.3 is 0 Å². The summed E-state index contributed by atoms with van der Waals surface area (Å²) in [6.45, 7) is 1.72. The molecule has 1 aromatic heterocycles. The second kappa shape index (κ2) is 6.16. The molecule has 2 N–H and O–H groups in total. The van der Waals surface area contributed by atoms with Gasteiger partial charge < -0.3 is 19.9 Å². The van der Waals surface area contributed by atoms with E-state index >= 15 is 0 Å². The number of benzene rings is 1. The van der Waals surface area contributed by atoms with E-state index in [9.17, 15) is 9.59 Å². The number of hydrogen-bond donors (Lipinski definition) is 2. The van der Waals surface area contributed by atoms with Crippen LogP contribution in [0.2, 0.25) is 5.02 Å². The van der Waals surface area contributed by atoms with E-state index in [0.717, 1.165) is 0 Å². The van der Waals surface area contributed by atoms with Gasteiger partial charge in [-0.3, -0.25) is 9.59 Å². The second-order valence-corrected chi connectivity index (χ2v) is 6.07. The van der Waals surface area contributed by atoms with Gasteiger partial charge in [0.05, 0.1) is 12.1 Å². The lowest BCUT2D eigenvalue weighted by molar-refractivity contribution is -0.131. The molecule has 7 nitrogen and oxygen atoms in total. The molecule has 1 aromatic carbocycles. The number of ether oxygens (including phenoxy) is 1. The molecule has 2 aromatic rings. The van der Waals surface area contributed by atoms with Gasteiger partial charge in [0.1, 0.15) is 16.9 Å². The highest BCUT2D eigenvalue weighted by Crippen LogP contribution is 2.47. The van der Waals surface area contributed by atoms with E-state index in [0.29, 0.717) is 40.9 Å². The predicted octanol–water partition coefficient (Wildman–Crippen LogP) is 3.00. The van der Waals surface area contributed by atoms with Crippen molar-refractivity contribution in [2.75, 3.05) is 17.7 Å². The van der Waals surface area contributed by atoms with Crippen LogP contribution in [-0.2, 0) is 9.59 Å². The van der Waals surface area contributed by atoms with Crippen molar-refractivity contribution in [1.29, 1.82) is 0 Å². The highest BCUT2D eigenvalue weighted by Gasteiger charge is 2.56. The Hall–Kier alpha value is -2.54. The monoisotopic (exact) mass is 349 g/mol. The minimum absolute atomic E-state index is 0.295. The van der Waals surface area contributed by atoms with Crippen molar-refractivity contribution < 1.29 is 18.8 Å². The maximum Gasteiger partial charge on any atom is 0.241 e. The summed E-state index contributed by atoms with van der Waals surface area (Å²) in [4.78, 5) is 24.9. The number of amides is 2. The molecule has 1 saturated carbocycles. The van der Waals surface area contributed by atoms with Gasteiger partial charge in [-0.1, -0.05) is 16.8 Å². The zero-order chi connectivity index (χ0) is 17.3. The van der Waals surface area contributed by atoms with Crippen molar-refractivity contribution in [2.45, 2.75) is 19.8 Å². The van der Waals surface area contributed by atoms with Crippen LogP contribution in [0.3, 0.4) is 0 Å². The maximum atomic E-state index is 12.5. The van der Waals surface area contributed by atoms with Crippen LogP contribution >= 0.6 is 11.6 Å². The molecule has 0 bridgehead atoms. The summed E-state index contributed by atoms with van der Waals surface area (Å²) >= 11 is 6.04. The van der Waals surface area contributed by atoms with Crippen LogP contribution in [0, 0.1) is 12.3 Å². The van der Waals surface area contributed by atoms with Gasteiger partial charge in [0.15, 0.2) is 5.82 Å². The van der Waals surface area contributed by atoms with Crippen molar-refractivity contribution in [2.24, 2.45) is 5.41 Å². The van der Waals surface area contributed by atoms with Crippen LogP contribution in [0.4, 0.5) is 11.5 Å². The summed E-state index contributed by atoms with van der Waals surface area (Å²) in [5, 5.41) is 9.41. The van der Waals surface area contributed by atoms with E-state index in [1.54, 1.807) is 31.2 Å². The van der Waals surface area contributed by atoms with Crippen molar-refractivity contribution in [1.82, 2.24) is 5.16 Å². The number of halogens is 1. The number of hydrogen-bond acceptors (Lipinski definition) is 5. The summed E-state index contributed by atoms with van der Waals surface area (Å²) in [5.41, 5.74) is -0.582. The van der Waals surface area contributed by atoms with Gasteiger partial charge in [-0.15, -0.1) is 0 Å². The number of methoxy groups -OCH3 is 1. The summed E-state index contributed by atoms with van der Waals surface area (Å²) < 4.78 is 9.96. The minimum Gasteiger partial charge on any atom is -0.495 e. The van der Waals surface area contributed by atoms with Crippen LogP contribution in [0.25, 0.3) is 0 Å². The van der Waals surface area contributed by atoms with Gasteiger partial charge in [0, 0.05) is 11.8 Å². The number of nitrogens with zero attached hydrogens (tertiary/aromatic N) is 1. The predicted molar refractivity (Wildman–Crippen MR) is 88.2 cm³/mol. The first kappa shape index (κ1) is 16.3. The van der Waals surface area contributed by atoms with Crippen LogP contribution in [0.1, 0.15) is 18.6 Å². The fraction of sp³-hybridized carbons (Fsp3) is 0.312. The Morgan fingerprint density at radius 3 is 2.50 bits per heavy atom.